The third-order valence-corrected chi connectivity index (χ3v) is 3.90. The molecular weight excluding hydrogens is 270 g/mol. The number of thioether (sulfide) groups is 1. The molecule has 2 unspecified atom stereocenters. The molecule has 0 saturated carbocycles. The van der Waals surface area contributed by atoms with Gasteiger partial charge in [-0.3, -0.25) is 9.59 Å². The molecule has 1 saturated heterocycles. The highest BCUT2D eigenvalue weighted by Gasteiger charge is 2.29. The minimum Gasteiger partial charge on any atom is -0.450 e. The van der Waals surface area contributed by atoms with Crippen LogP contribution in [0.2, 0.25) is 0 Å². The Labute approximate surface area is 115 Å². The number of hydrogen-bond donors (Lipinski definition) is 3. The van der Waals surface area contributed by atoms with E-state index in [4.69, 9.17) is 15.0 Å². The van der Waals surface area contributed by atoms with Crippen molar-refractivity contribution in [2.24, 2.45) is 5.92 Å². The molecule has 3 N–H and O–H groups in total. The van der Waals surface area contributed by atoms with Crippen LogP contribution in [0.5, 0.6) is 0 Å². The molecule has 7 heteroatoms. The largest absolute Gasteiger partial charge is 0.503 e. The van der Waals surface area contributed by atoms with Gasteiger partial charge in [-0.25, -0.2) is 4.79 Å². The van der Waals surface area contributed by atoms with Crippen LogP contribution in [-0.4, -0.2) is 39.2 Å². The van der Waals surface area contributed by atoms with E-state index in [0.717, 1.165) is 31.4 Å². The second-order valence-corrected chi connectivity index (χ2v) is 5.38. The van der Waals surface area contributed by atoms with Crippen molar-refractivity contribution in [3.8, 4) is 0 Å². The van der Waals surface area contributed by atoms with Crippen LogP contribution in [0.3, 0.4) is 0 Å². The Balaban J connectivity index is 0.000000399. The molecule has 1 aliphatic carbocycles. The molecule has 0 spiro atoms. The smallest absolute Gasteiger partial charge is 0.450 e. The number of hydrogen-bond acceptors (Lipinski definition) is 4. The average molecular weight is 287 g/mol. The molecule has 19 heavy (non-hydrogen) atoms. The number of amides is 1. The van der Waals surface area contributed by atoms with Gasteiger partial charge in [0.1, 0.15) is 0 Å². The summed E-state index contributed by atoms with van der Waals surface area (Å²) in [5.41, 5.74) is 0. The highest BCUT2D eigenvalue weighted by Crippen LogP contribution is 2.22. The van der Waals surface area contributed by atoms with Gasteiger partial charge in [0, 0.05) is 11.7 Å². The van der Waals surface area contributed by atoms with E-state index in [0.29, 0.717) is 0 Å². The first-order valence-electron chi connectivity index (χ1n) is 6.04. The molecule has 1 fully saturated rings. The lowest BCUT2D eigenvalue weighted by atomic mass is 9.93. The van der Waals surface area contributed by atoms with E-state index < -0.39 is 6.16 Å². The lowest BCUT2D eigenvalue weighted by molar-refractivity contribution is -0.128. The predicted molar refractivity (Wildman–Crippen MR) is 71.1 cm³/mol. The number of nitrogens with one attached hydrogen (secondary N) is 1. The second kappa shape index (κ2) is 7.83. The van der Waals surface area contributed by atoms with Crippen LogP contribution >= 0.6 is 11.8 Å². The molecule has 1 aliphatic heterocycles. The van der Waals surface area contributed by atoms with Crippen molar-refractivity contribution in [1.82, 2.24) is 5.32 Å². The Morgan fingerprint density at radius 2 is 1.95 bits per heavy atom. The van der Waals surface area contributed by atoms with Crippen molar-refractivity contribution >= 4 is 28.9 Å². The lowest BCUT2D eigenvalue weighted by Crippen LogP contribution is -2.41. The Morgan fingerprint density at radius 3 is 2.42 bits per heavy atom. The third-order valence-electron chi connectivity index (χ3n) is 2.89. The van der Waals surface area contributed by atoms with Crippen LogP contribution in [0.1, 0.15) is 25.7 Å². The fourth-order valence-corrected chi connectivity index (χ4v) is 2.88. The number of carboxylic acid groups (broad SMARTS) is 2. The van der Waals surface area contributed by atoms with Gasteiger partial charge in [0.2, 0.25) is 11.0 Å². The molecule has 2 aliphatic rings. The molecule has 1 heterocycles. The Kier molecular flexibility index (Phi) is 6.41. The maximum absolute atomic E-state index is 11.8. The van der Waals surface area contributed by atoms with E-state index in [-0.39, 0.29) is 23.0 Å². The zero-order valence-corrected chi connectivity index (χ0v) is 11.2. The topological polar surface area (TPSA) is 104 Å². The first-order valence-corrected chi connectivity index (χ1v) is 7.03. The highest BCUT2D eigenvalue weighted by atomic mass is 32.2. The summed E-state index contributed by atoms with van der Waals surface area (Å²) in [7, 11) is 0. The summed E-state index contributed by atoms with van der Waals surface area (Å²) in [6.45, 7) is 0. The van der Waals surface area contributed by atoms with Gasteiger partial charge in [0.15, 0.2) is 0 Å². The minimum atomic E-state index is -1.83. The van der Waals surface area contributed by atoms with E-state index in [2.05, 4.69) is 17.5 Å². The summed E-state index contributed by atoms with van der Waals surface area (Å²) in [6.07, 6.45) is 5.83. The third kappa shape index (κ3) is 5.78. The van der Waals surface area contributed by atoms with Gasteiger partial charge in [-0.15, -0.1) is 0 Å². The summed E-state index contributed by atoms with van der Waals surface area (Å²) < 4.78 is 0. The maximum atomic E-state index is 11.8. The number of rotatable bonds is 2. The Morgan fingerprint density at radius 1 is 1.26 bits per heavy atom. The molecule has 0 bridgehead atoms. The van der Waals surface area contributed by atoms with Gasteiger partial charge < -0.3 is 15.5 Å². The van der Waals surface area contributed by atoms with Crippen molar-refractivity contribution in [2.45, 2.75) is 31.7 Å². The fourth-order valence-electron chi connectivity index (χ4n) is 1.95. The van der Waals surface area contributed by atoms with Crippen LogP contribution in [0.4, 0.5) is 4.79 Å². The number of carbonyl (C=O) groups excluding carboxylic acids is 2. The van der Waals surface area contributed by atoms with Crippen LogP contribution in [0.15, 0.2) is 12.2 Å². The zero-order valence-electron chi connectivity index (χ0n) is 10.4. The molecule has 6 nitrogen and oxygen atoms in total. The van der Waals surface area contributed by atoms with Crippen molar-refractivity contribution in [3.05, 3.63) is 12.2 Å². The fraction of sp³-hybridized carbons (Fsp3) is 0.583. The Hall–Kier alpha value is -1.50. The van der Waals surface area contributed by atoms with Gasteiger partial charge in [0.25, 0.3) is 0 Å². The van der Waals surface area contributed by atoms with Crippen molar-refractivity contribution in [2.75, 3.05) is 5.75 Å². The van der Waals surface area contributed by atoms with Gasteiger partial charge in [-0.2, -0.15) is 0 Å². The van der Waals surface area contributed by atoms with Crippen LogP contribution < -0.4 is 5.32 Å². The van der Waals surface area contributed by atoms with Crippen LogP contribution in [-0.2, 0) is 9.59 Å². The molecule has 0 aromatic rings. The summed E-state index contributed by atoms with van der Waals surface area (Å²) in [6, 6.07) is -0.228. The normalized spacial score (nSPS) is 25.4. The zero-order chi connectivity index (χ0) is 14.3. The molecule has 1 amide bonds. The van der Waals surface area contributed by atoms with E-state index in [1.165, 1.54) is 11.8 Å². The molecule has 106 valence electrons. The number of carbonyl (C=O) groups is 3. The van der Waals surface area contributed by atoms with E-state index in [1.807, 2.05) is 0 Å². The van der Waals surface area contributed by atoms with Crippen molar-refractivity contribution < 1.29 is 24.6 Å². The lowest BCUT2D eigenvalue weighted by Gasteiger charge is -2.19. The van der Waals surface area contributed by atoms with Gasteiger partial charge in [0.05, 0.1) is 6.04 Å². The van der Waals surface area contributed by atoms with Crippen molar-refractivity contribution in [3.63, 3.8) is 0 Å². The highest BCUT2D eigenvalue weighted by molar-refractivity contribution is 8.14. The average Bonchev–Trinajstić information content (AvgIpc) is 2.75. The molecule has 2 atom stereocenters. The van der Waals surface area contributed by atoms with E-state index >= 15 is 0 Å². The monoisotopic (exact) mass is 287 g/mol. The van der Waals surface area contributed by atoms with Crippen molar-refractivity contribution in [1.29, 1.82) is 0 Å². The summed E-state index contributed by atoms with van der Waals surface area (Å²) >= 11 is 1.33. The number of allylic oxidation sites excluding steroid dienone is 2. The summed E-state index contributed by atoms with van der Waals surface area (Å²) in [4.78, 5) is 31.7. The summed E-state index contributed by atoms with van der Waals surface area (Å²) in [5.74, 6) is 0.975. The van der Waals surface area contributed by atoms with Crippen LogP contribution in [0.25, 0.3) is 0 Å². The standard InChI is InChI=1S/C11H15NO2S.CH2O3/c13-10(8-4-2-1-3-5-8)12-9-6-7-15-11(9)14;2-1(3)4/h1-2,8-9H,3-7H2,(H,12,13);(H2,2,3,4). The predicted octanol–water partition coefficient (Wildman–Crippen LogP) is 1.71. The van der Waals surface area contributed by atoms with Gasteiger partial charge in [-0.1, -0.05) is 23.9 Å². The van der Waals surface area contributed by atoms with Gasteiger partial charge >= 0.3 is 6.16 Å². The molecule has 0 aromatic heterocycles. The second-order valence-electron chi connectivity index (χ2n) is 4.28. The molecule has 0 radical (unpaired) electrons. The maximum Gasteiger partial charge on any atom is 0.503 e. The quantitative estimate of drug-likeness (QED) is 0.668. The van der Waals surface area contributed by atoms with Gasteiger partial charge in [-0.05, 0) is 25.7 Å². The SMILES string of the molecule is O=C(NC1CCSC1=O)C1CC=CCC1.O=C(O)O. The van der Waals surface area contributed by atoms with E-state index in [1.54, 1.807) is 0 Å². The molecular formula is C12H17NO5S. The van der Waals surface area contributed by atoms with E-state index in [9.17, 15) is 9.59 Å². The first-order chi connectivity index (χ1) is 9.00. The minimum absolute atomic E-state index is 0.0557. The van der Waals surface area contributed by atoms with Crippen LogP contribution in [0, 0.1) is 5.92 Å². The summed E-state index contributed by atoms with van der Waals surface area (Å²) in [5, 5.41) is 16.9. The molecule has 0 aromatic carbocycles. The first kappa shape index (κ1) is 15.6. The Bertz CT molecular complexity index is 378. The molecule has 2 rings (SSSR count).